The quantitative estimate of drug-likeness (QED) is 0.306. The van der Waals surface area contributed by atoms with Gasteiger partial charge in [0.2, 0.25) is 10.0 Å². The molecule has 0 spiro atoms. The zero-order valence-corrected chi connectivity index (χ0v) is 21.2. The van der Waals surface area contributed by atoms with Crippen LogP contribution in [0.3, 0.4) is 0 Å². The number of sulfonamides is 1. The molecule has 3 aromatic rings. The number of halogens is 2. The third kappa shape index (κ3) is 8.18. The van der Waals surface area contributed by atoms with Crippen LogP contribution in [0.2, 0.25) is 10.0 Å². The van der Waals surface area contributed by atoms with Crippen molar-refractivity contribution < 1.29 is 18.3 Å². The normalized spacial score (nSPS) is 14.3. The summed E-state index contributed by atoms with van der Waals surface area (Å²) >= 11 is 12.4. The van der Waals surface area contributed by atoms with Crippen LogP contribution < -0.4 is 14.8 Å². The van der Waals surface area contributed by atoms with Gasteiger partial charge in [-0.25, -0.2) is 8.42 Å². The molecule has 6 nitrogen and oxygen atoms in total. The summed E-state index contributed by atoms with van der Waals surface area (Å²) in [5.74, 6) is 0.537. The Bertz CT molecular complexity index is 1170. The van der Waals surface area contributed by atoms with Gasteiger partial charge >= 0.3 is 0 Å². The van der Waals surface area contributed by atoms with E-state index in [0.717, 1.165) is 18.2 Å². The number of anilines is 1. The van der Waals surface area contributed by atoms with E-state index in [1.807, 2.05) is 30.3 Å². The average Bonchev–Trinajstić information content (AvgIpc) is 2.78. The van der Waals surface area contributed by atoms with Crippen LogP contribution in [0.25, 0.3) is 0 Å². The maximum atomic E-state index is 11.4. The molecule has 0 aliphatic rings. The zero-order valence-electron chi connectivity index (χ0n) is 18.9. The Morgan fingerprint density at radius 2 is 1.65 bits per heavy atom. The van der Waals surface area contributed by atoms with E-state index in [9.17, 15) is 13.5 Å². The van der Waals surface area contributed by atoms with E-state index in [-0.39, 0.29) is 5.92 Å². The SMILES string of the molecule is CC(O)C(NCC(Cc1ccccc1)c1ccc(Cl)c(Cl)c1)Oc1ccc(NS(C)(=O)=O)cc1. The maximum Gasteiger partial charge on any atom is 0.229 e. The molecule has 0 bridgehead atoms. The van der Waals surface area contributed by atoms with Crippen molar-refractivity contribution in [3.8, 4) is 5.75 Å². The second kappa shape index (κ2) is 11.9. The lowest BCUT2D eigenvalue weighted by Crippen LogP contribution is -2.45. The summed E-state index contributed by atoms with van der Waals surface area (Å²) < 4.78 is 31.1. The van der Waals surface area contributed by atoms with Crippen LogP contribution in [0.5, 0.6) is 5.75 Å². The van der Waals surface area contributed by atoms with Gasteiger partial charge in [-0.1, -0.05) is 59.6 Å². The number of aliphatic hydroxyl groups excluding tert-OH is 1. The molecule has 0 saturated carbocycles. The standard InChI is InChI=1S/C25H28Cl2N2O4S/c1-17(30)25(33-22-11-9-21(10-12-22)29-34(2,31)32)28-16-20(14-18-6-4-3-5-7-18)19-8-13-23(26)24(27)15-19/h3-13,15,17,20,25,28-30H,14,16H2,1-2H3. The van der Waals surface area contributed by atoms with Crippen LogP contribution in [0.15, 0.2) is 72.8 Å². The summed E-state index contributed by atoms with van der Waals surface area (Å²) in [7, 11) is -3.36. The lowest BCUT2D eigenvalue weighted by atomic mass is 9.91. The summed E-state index contributed by atoms with van der Waals surface area (Å²) in [5.41, 5.74) is 2.62. The van der Waals surface area contributed by atoms with E-state index in [2.05, 4.69) is 22.2 Å². The fourth-order valence-corrected chi connectivity index (χ4v) is 4.37. The highest BCUT2D eigenvalue weighted by atomic mass is 35.5. The topological polar surface area (TPSA) is 87.7 Å². The molecule has 0 radical (unpaired) electrons. The Kier molecular flexibility index (Phi) is 9.22. The van der Waals surface area contributed by atoms with Crippen LogP contribution in [-0.2, 0) is 16.4 Å². The molecular weight excluding hydrogens is 495 g/mol. The highest BCUT2D eigenvalue weighted by Crippen LogP contribution is 2.28. The summed E-state index contributed by atoms with van der Waals surface area (Å²) in [5, 5.41) is 14.6. The molecular formula is C25H28Cl2N2O4S. The van der Waals surface area contributed by atoms with Crippen molar-refractivity contribution in [3.05, 3.63) is 94.0 Å². The second-order valence-corrected chi connectivity index (χ2v) is 10.7. The van der Waals surface area contributed by atoms with Gasteiger partial charge in [-0.15, -0.1) is 0 Å². The molecule has 9 heteroatoms. The van der Waals surface area contributed by atoms with E-state index >= 15 is 0 Å². The van der Waals surface area contributed by atoms with E-state index < -0.39 is 22.4 Å². The molecule has 3 unspecified atom stereocenters. The Labute approximate surface area is 210 Å². The highest BCUT2D eigenvalue weighted by Gasteiger charge is 2.21. The number of benzene rings is 3. The molecule has 3 N–H and O–H groups in total. The first-order chi connectivity index (χ1) is 16.1. The number of ether oxygens (including phenoxy) is 1. The highest BCUT2D eigenvalue weighted by molar-refractivity contribution is 7.92. The van der Waals surface area contributed by atoms with Gasteiger partial charge in [0.1, 0.15) is 11.9 Å². The summed E-state index contributed by atoms with van der Waals surface area (Å²) in [6.45, 7) is 2.15. The lowest BCUT2D eigenvalue weighted by Gasteiger charge is -2.26. The number of aliphatic hydroxyl groups is 1. The smallest absolute Gasteiger partial charge is 0.229 e. The van der Waals surface area contributed by atoms with Gasteiger partial charge in [0, 0.05) is 18.2 Å². The molecule has 3 atom stereocenters. The van der Waals surface area contributed by atoms with Crippen molar-refractivity contribution in [1.29, 1.82) is 0 Å². The zero-order chi connectivity index (χ0) is 24.7. The van der Waals surface area contributed by atoms with Crippen LogP contribution in [-0.4, -0.2) is 38.7 Å². The number of rotatable bonds is 11. The summed E-state index contributed by atoms with van der Waals surface area (Å²) in [4.78, 5) is 0. The molecule has 0 saturated heterocycles. The summed E-state index contributed by atoms with van der Waals surface area (Å²) in [6.07, 6.45) is 0.351. The molecule has 0 heterocycles. The number of hydrogen-bond acceptors (Lipinski definition) is 5. The molecule has 182 valence electrons. The summed E-state index contributed by atoms with van der Waals surface area (Å²) in [6, 6.07) is 22.2. The predicted octanol–water partition coefficient (Wildman–Crippen LogP) is 5.07. The minimum atomic E-state index is -3.36. The number of hydrogen-bond donors (Lipinski definition) is 3. The largest absolute Gasteiger partial charge is 0.473 e. The maximum absolute atomic E-state index is 11.4. The lowest BCUT2D eigenvalue weighted by molar-refractivity contribution is 0.0261. The Balaban J connectivity index is 1.73. The molecule has 34 heavy (non-hydrogen) atoms. The van der Waals surface area contributed by atoms with E-state index in [1.165, 1.54) is 5.56 Å². The van der Waals surface area contributed by atoms with Gasteiger partial charge < -0.3 is 9.84 Å². The molecule has 0 fully saturated rings. The first-order valence-electron chi connectivity index (χ1n) is 10.8. The first-order valence-corrected chi connectivity index (χ1v) is 13.4. The van der Waals surface area contributed by atoms with E-state index in [4.69, 9.17) is 27.9 Å². The molecule has 0 aromatic heterocycles. The van der Waals surface area contributed by atoms with Crippen LogP contribution in [0, 0.1) is 0 Å². The van der Waals surface area contributed by atoms with Crippen molar-refractivity contribution in [2.75, 3.05) is 17.5 Å². The Hall–Kier alpha value is -2.29. The van der Waals surface area contributed by atoms with Gasteiger partial charge in [0.05, 0.1) is 16.3 Å². The monoisotopic (exact) mass is 522 g/mol. The van der Waals surface area contributed by atoms with Crippen LogP contribution in [0.4, 0.5) is 5.69 Å². The van der Waals surface area contributed by atoms with E-state index in [0.29, 0.717) is 28.0 Å². The Morgan fingerprint density at radius 3 is 2.24 bits per heavy atom. The predicted molar refractivity (Wildman–Crippen MR) is 138 cm³/mol. The van der Waals surface area contributed by atoms with Gasteiger partial charge in [-0.2, -0.15) is 0 Å². The van der Waals surface area contributed by atoms with Gasteiger partial charge in [0.25, 0.3) is 0 Å². The molecule has 0 amide bonds. The molecule has 3 aromatic carbocycles. The van der Waals surface area contributed by atoms with Crippen molar-refractivity contribution >= 4 is 38.9 Å². The van der Waals surface area contributed by atoms with Crippen molar-refractivity contribution in [3.63, 3.8) is 0 Å². The minimum absolute atomic E-state index is 0.0448. The second-order valence-electron chi connectivity index (χ2n) is 8.15. The van der Waals surface area contributed by atoms with Crippen LogP contribution >= 0.6 is 23.2 Å². The average molecular weight is 523 g/mol. The minimum Gasteiger partial charge on any atom is -0.473 e. The fraction of sp³-hybridized carbons (Fsp3) is 0.280. The van der Waals surface area contributed by atoms with Gasteiger partial charge in [-0.05, 0) is 60.9 Å². The third-order valence-corrected chi connectivity index (χ3v) is 6.51. The molecule has 0 aliphatic heterocycles. The first kappa shape index (κ1) is 26.3. The Morgan fingerprint density at radius 1 is 0.971 bits per heavy atom. The fourth-order valence-electron chi connectivity index (χ4n) is 3.50. The van der Waals surface area contributed by atoms with Gasteiger partial charge in [0.15, 0.2) is 6.23 Å². The third-order valence-electron chi connectivity index (χ3n) is 5.16. The number of nitrogens with one attached hydrogen (secondary N) is 2. The van der Waals surface area contributed by atoms with E-state index in [1.54, 1.807) is 37.3 Å². The van der Waals surface area contributed by atoms with Crippen molar-refractivity contribution in [2.45, 2.75) is 31.6 Å². The van der Waals surface area contributed by atoms with Crippen molar-refractivity contribution in [1.82, 2.24) is 5.32 Å². The van der Waals surface area contributed by atoms with Crippen molar-refractivity contribution in [2.24, 2.45) is 0 Å². The van der Waals surface area contributed by atoms with Crippen LogP contribution in [0.1, 0.15) is 24.0 Å². The molecule has 0 aliphatic carbocycles. The van der Waals surface area contributed by atoms with Gasteiger partial charge in [-0.3, -0.25) is 10.0 Å². The molecule has 3 rings (SSSR count).